The third kappa shape index (κ3) is 6.18. The first-order valence-corrected chi connectivity index (χ1v) is 12.6. The van der Waals surface area contributed by atoms with Gasteiger partial charge in [-0.25, -0.2) is 13.4 Å². The van der Waals surface area contributed by atoms with Crippen LogP contribution >= 0.6 is 11.3 Å². The highest BCUT2D eigenvalue weighted by atomic mass is 32.2. The molecule has 166 valence electrons. The average Bonchev–Trinajstić information content (AvgIpc) is 3.52. The van der Waals surface area contributed by atoms with Gasteiger partial charge in [-0.2, -0.15) is 0 Å². The van der Waals surface area contributed by atoms with Crippen molar-refractivity contribution < 1.29 is 17.9 Å². The number of carbonyl (C=O) groups excluding carboxylic acids is 1. The van der Waals surface area contributed by atoms with E-state index in [9.17, 15) is 13.2 Å². The van der Waals surface area contributed by atoms with Gasteiger partial charge in [-0.15, -0.1) is 11.3 Å². The third-order valence-corrected chi connectivity index (χ3v) is 7.50. The van der Waals surface area contributed by atoms with Gasteiger partial charge >= 0.3 is 0 Å². The summed E-state index contributed by atoms with van der Waals surface area (Å²) in [5.41, 5.74) is 3.14. The van der Waals surface area contributed by atoms with Crippen molar-refractivity contribution >= 4 is 43.7 Å². The summed E-state index contributed by atoms with van der Waals surface area (Å²) in [7, 11) is -1.80. The topological polar surface area (TPSA) is 97.4 Å². The third-order valence-electron chi connectivity index (χ3n) is 4.74. The number of rotatable bonds is 10. The van der Waals surface area contributed by atoms with Gasteiger partial charge in [0.2, 0.25) is 15.9 Å². The van der Waals surface area contributed by atoms with E-state index in [0.29, 0.717) is 30.0 Å². The van der Waals surface area contributed by atoms with Crippen LogP contribution in [-0.4, -0.2) is 31.7 Å². The summed E-state index contributed by atoms with van der Waals surface area (Å²) in [6.07, 6.45) is 8.52. The van der Waals surface area contributed by atoms with E-state index in [0.717, 1.165) is 17.6 Å². The summed E-state index contributed by atoms with van der Waals surface area (Å²) in [6, 6.07) is 5.63. The first kappa shape index (κ1) is 23.0. The van der Waals surface area contributed by atoms with Crippen molar-refractivity contribution in [3.8, 4) is 5.75 Å². The lowest BCUT2D eigenvalue weighted by molar-refractivity contribution is -0.115. The van der Waals surface area contributed by atoms with Gasteiger partial charge in [-0.3, -0.25) is 9.52 Å². The van der Waals surface area contributed by atoms with Gasteiger partial charge in [-0.05, 0) is 49.5 Å². The maximum absolute atomic E-state index is 12.5. The van der Waals surface area contributed by atoms with Crippen molar-refractivity contribution in [2.75, 3.05) is 17.1 Å². The van der Waals surface area contributed by atoms with E-state index in [1.807, 2.05) is 31.2 Å². The second-order valence-corrected chi connectivity index (χ2v) is 10.0. The van der Waals surface area contributed by atoms with Crippen LogP contribution in [0.2, 0.25) is 0 Å². The summed E-state index contributed by atoms with van der Waals surface area (Å²) in [5.74, 6) is 0.302. The Morgan fingerprint density at radius 3 is 2.77 bits per heavy atom. The van der Waals surface area contributed by atoms with E-state index in [1.165, 1.54) is 11.3 Å². The standard InChI is InChI=1S/C22H27N3O4S2/c1-4-6-7-15(5-2)16-8-11-19(20(12-16)29-3)24-21(26)13-17-14-30-22(23-17)25-31(27,28)18-9-10-18/h5-8,11-12,14,18H,4,9-10,13H2,1-3H3,(H,23,25)(H,24,26)/b7-6-,15-5+. The number of carbonyl (C=O) groups is 1. The van der Waals surface area contributed by atoms with Gasteiger partial charge in [-0.1, -0.05) is 31.2 Å². The Morgan fingerprint density at radius 1 is 1.35 bits per heavy atom. The Hall–Kier alpha value is -2.65. The molecule has 1 amide bonds. The smallest absolute Gasteiger partial charge is 0.237 e. The minimum atomic E-state index is -3.36. The highest BCUT2D eigenvalue weighted by molar-refractivity contribution is 7.93. The number of methoxy groups -OCH3 is 1. The molecule has 0 unspecified atom stereocenters. The first-order chi connectivity index (χ1) is 14.9. The second kappa shape index (κ2) is 10.1. The molecule has 1 heterocycles. The molecule has 7 nitrogen and oxygen atoms in total. The molecule has 2 aromatic rings. The van der Waals surface area contributed by atoms with Gasteiger partial charge in [0.25, 0.3) is 0 Å². The van der Waals surface area contributed by atoms with Crippen LogP contribution in [0.15, 0.2) is 41.8 Å². The van der Waals surface area contributed by atoms with Crippen LogP contribution < -0.4 is 14.8 Å². The Morgan fingerprint density at radius 2 is 2.13 bits per heavy atom. The lowest BCUT2D eigenvalue weighted by Gasteiger charge is -2.12. The molecule has 9 heteroatoms. The summed E-state index contributed by atoms with van der Waals surface area (Å²) < 4.78 is 32.0. The number of hydrogen-bond acceptors (Lipinski definition) is 6. The molecule has 1 aromatic carbocycles. The van der Waals surface area contributed by atoms with Gasteiger partial charge in [0.05, 0.1) is 30.2 Å². The molecule has 1 aliphatic rings. The van der Waals surface area contributed by atoms with Crippen LogP contribution in [0, 0.1) is 0 Å². The molecule has 1 fully saturated rings. The van der Waals surface area contributed by atoms with Gasteiger partial charge in [0.1, 0.15) is 5.75 Å². The Bertz CT molecular complexity index is 1100. The molecule has 0 bridgehead atoms. The molecular weight excluding hydrogens is 434 g/mol. The number of ether oxygens (including phenoxy) is 1. The number of nitrogens with zero attached hydrogens (tertiary/aromatic N) is 1. The van der Waals surface area contributed by atoms with E-state index in [-0.39, 0.29) is 22.7 Å². The van der Waals surface area contributed by atoms with Crippen molar-refractivity contribution in [3.63, 3.8) is 0 Å². The lowest BCUT2D eigenvalue weighted by Crippen LogP contribution is -2.17. The van der Waals surface area contributed by atoms with Crippen molar-refractivity contribution in [3.05, 3.63) is 53.1 Å². The van der Waals surface area contributed by atoms with E-state index < -0.39 is 10.0 Å². The van der Waals surface area contributed by atoms with Gasteiger partial charge < -0.3 is 10.1 Å². The van der Waals surface area contributed by atoms with Gasteiger partial charge in [0.15, 0.2) is 5.13 Å². The Balaban J connectivity index is 1.65. The number of allylic oxidation sites excluding steroid dienone is 4. The summed E-state index contributed by atoms with van der Waals surface area (Å²) in [4.78, 5) is 16.7. The fourth-order valence-electron chi connectivity index (χ4n) is 2.96. The number of benzene rings is 1. The lowest BCUT2D eigenvalue weighted by atomic mass is 10.0. The summed E-state index contributed by atoms with van der Waals surface area (Å²) in [5, 5.41) is 4.50. The molecule has 0 spiro atoms. The second-order valence-electron chi connectivity index (χ2n) is 7.19. The Labute approximate surface area is 187 Å². The molecule has 1 saturated carbocycles. The predicted molar refractivity (Wildman–Crippen MR) is 126 cm³/mol. The number of sulfonamides is 1. The van der Waals surface area contributed by atoms with Crippen LogP contribution in [0.5, 0.6) is 5.75 Å². The molecule has 3 rings (SSSR count). The van der Waals surface area contributed by atoms with Crippen LogP contribution in [0.3, 0.4) is 0 Å². The molecule has 1 aliphatic carbocycles. The number of nitrogens with one attached hydrogen (secondary N) is 2. The molecule has 31 heavy (non-hydrogen) atoms. The zero-order valence-corrected chi connectivity index (χ0v) is 19.5. The zero-order valence-electron chi connectivity index (χ0n) is 17.8. The molecule has 0 radical (unpaired) electrons. The molecule has 0 aliphatic heterocycles. The quantitative estimate of drug-likeness (QED) is 0.504. The van der Waals surface area contributed by atoms with Crippen LogP contribution in [0.25, 0.3) is 5.57 Å². The Kier molecular flexibility index (Phi) is 7.50. The molecule has 0 atom stereocenters. The largest absolute Gasteiger partial charge is 0.495 e. The first-order valence-electron chi connectivity index (χ1n) is 10.1. The molecule has 0 saturated heterocycles. The number of thiazole rings is 1. The average molecular weight is 462 g/mol. The highest BCUT2D eigenvalue weighted by Gasteiger charge is 2.36. The summed E-state index contributed by atoms with van der Waals surface area (Å²) in [6.45, 7) is 4.06. The van der Waals surface area contributed by atoms with E-state index in [4.69, 9.17) is 4.74 Å². The fourth-order valence-corrected chi connectivity index (χ4v) is 5.26. The maximum atomic E-state index is 12.5. The van der Waals surface area contributed by atoms with Gasteiger partial charge in [0, 0.05) is 5.38 Å². The number of anilines is 2. The van der Waals surface area contributed by atoms with Crippen molar-refractivity contribution in [1.29, 1.82) is 0 Å². The van der Waals surface area contributed by atoms with Crippen LogP contribution in [0.1, 0.15) is 44.4 Å². The minimum absolute atomic E-state index is 0.0336. The number of aromatic nitrogens is 1. The molecule has 2 N–H and O–H groups in total. The van der Waals surface area contributed by atoms with Crippen molar-refractivity contribution in [2.45, 2.75) is 44.8 Å². The highest BCUT2D eigenvalue weighted by Crippen LogP contribution is 2.31. The molecular formula is C22H27N3O4S2. The SMILES string of the molecule is C/C=C(\C=C/CC)c1ccc(NC(=O)Cc2csc(NS(=O)(=O)C3CC3)n2)c(OC)c1. The normalized spacial score (nSPS) is 14.6. The fraction of sp³-hybridized carbons (Fsp3) is 0.364. The minimum Gasteiger partial charge on any atom is -0.495 e. The number of hydrogen-bond donors (Lipinski definition) is 2. The van der Waals surface area contributed by atoms with Crippen molar-refractivity contribution in [2.24, 2.45) is 0 Å². The van der Waals surface area contributed by atoms with E-state index in [1.54, 1.807) is 12.5 Å². The monoisotopic (exact) mass is 461 g/mol. The van der Waals surface area contributed by atoms with Crippen molar-refractivity contribution in [1.82, 2.24) is 4.98 Å². The number of amides is 1. The van der Waals surface area contributed by atoms with E-state index in [2.05, 4.69) is 34.1 Å². The van der Waals surface area contributed by atoms with E-state index >= 15 is 0 Å². The predicted octanol–water partition coefficient (Wildman–Crippen LogP) is 4.61. The molecule has 1 aromatic heterocycles. The maximum Gasteiger partial charge on any atom is 0.237 e. The zero-order chi connectivity index (χ0) is 22.4. The van der Waals surface area contributed by atoms with Crippen LogP contribution in [0.4, 0.5) is 10.8 Å². The summed E-state index contributed by atoms with van der Waals surface area (Å²) >= 11 is 1.17. The van der Waals surface area contributed by atoms with Crippen LogP contribution in [-0.2, 0) is 21.2 Å².